The van der Waals surface area contributed by atoms with Crippen molar-refractivity contribution in [2.75, 3.05) is 19.8 Å². The zero-order valence-electron chi connectivity index (χ0n) is 14.2. The third kappa shape index (κ3) is 5.54. The van der Waals surface area contributed by atoms with Crippen LogP contribution >= 0.6 is 0 Å². The zero-order chi connectivity index (χ0) is 18.1. The van der Waals surface area contributed by atoms with Gasteiger partial charge in [0, 0.05) is 12.1 Å². The molecule has 2 rings (SSSR count). The standard InChI is InChI=1S/C19H23N3O3/c1-14-7-8-16(11-20)19(22-14)25-18(15-5-3-2-4-6-15)9-10-21-17(12-23)13-24/h2-8,17-18,21,23-24H,9-10,12-13H2,1H3/t18-/m1/s1. The summed E-state index contributed by atoms with van der Waals surface area (Å²) >= 11 is 0. The van der Waals surface area contributed by atoms with Gasteiger partial charge in [-0.05, 0) is 31.2 Å². The normalized spacial score (nSPS) is 12.0. The minimum Gasteiger partial charge on any atom is -0.468 e. The Hall–Kier alpha value is -2.46. The van der Waals surface area contributed by atoms with Gasteiger partial charge in [-0.2, -0.15) is 5.26 Å². The number of aromatic nitrogens is 1. The lowest BCUT2D eigenvalue weighted by molar-refractivity contribution is 0.155. The van der Waals surface area contributed by atoms with E-state index in [1.54, 1.807) is 12.1 Å². The second-order valence-electron chi connectivity index (χ2n) is 5.74. The van der Waals surface area contributed by atoms with Crippen molar-refractivity contribution in [2.24, 2.45) is 0 Å². The average molecular weight is 341 g/mol. The van der Waals surface area contributed by atoms with Crippen LogP contribution in [0, 0.1) is 18.3 Å². The molecule has 0 unspecified atom stereocenters. The first-order chi connectivity index (χ1) is 12.2. The van der Waals surface area contributed by atoms with Gasteiger partial charge in [0.25, 0.3) is 0 Å². The van der Waals surface area contributed by atoms with Crippen molar-refractivity contribution in [3.63, 3.8) is 0 Å². The molecule has 6 heteroatoms. The lowest BCUT2D eigenvalue weighted by Crippen LogP contribution is -2.37. The van der Waals surface area contributed by atoms with Crippen molar-refractivity contribution in [2.45, 2.75) is 25.5 Å². The Morgan fingerprint density at radius 1 is 1.16 bits per heavy atom. The monoisotopic (exact) mass is 341 g/mol. The molecular weight excluding hydrogens is 318 g/mol. The van der Waals surface area contributed by atoms with Gasteiger partial charge in [0.05, 0.1) is 19.3 Å². The number of hydrogen-bond acceptors (Lipinski definition) is 6. The van der Waals surface area contributed by atoms with Crippen molar-refractivity contribution >= 4 is 0 Å². The summed E-state index contributed by atoms with van der Waals surface area (Å²) in [6.07, 6.45) is 0.300. The second-order valence-corrected chi connectivity index (χ2v) is 5.74. The highest BCUT2D eigenvalue weighted by Gasteiger charge is 2.17. The van der Waals surface area contributed by atoms with Crippen LogP contribution in [-0.4, -0.2) is 41.0 Å². The van der Waals surface area contributed by atoms with Crippen LogP contribution in [0.2, 0.25) is 0 Å². The Morgan fingerprint density at radius 3 is 2.52 bits per heavy atom. The van der Waals surface area contributed by atoms with Gasteiger partial charge >= 0.3 is 0 Å². The molecule has 1 aromatic heterocycles. The van der Waals surface area contributed by atoms with Crippen molar-refractivity contribution in [3.8, 4) is 11.9 Å². The van der Waals surface area contributed by atoms with E-state index < -0.39 is 0 Å². The number of ether oxygens (including phenoxy) is 1. The molecule has 0 aliphatic carbocycles. The molecule has 1 aromatic carbocycles. The molecule has 0 bridgehead atoms. The fourth-order valence-corrected chi connectivity index (χ4v) is 2.41. The van der Waals surface area contributed by atoms with Gasteiger partial charge < -0.3 is 20.3 Å². The van der Waals surface area contributed by atoms with Crippen molar-refractivity contribution in [1.29, 1.82) is 5.26 Å². The maximum atomic E-state index is 9.27. The number of aliphatic hydroxyl groups excluding tert-OH is 2. The minimum absolute atomic E-state index is 0.134. The van der Waals surface area contributed by atoms with E-state index in [0.717, 1.165) is 11.3 Å². The molecule has 0 aliphatic rings. The van der Waals surface area contributed by atoms with Gasteiger partial charge in [0.1, 0.15) is 17.7 Å². The lowest BCUT2D eigenvalue weighted by Gasteiger charge is -2.21. The smallest absolute Gasteiger partial charge is 0.232 e. The number of nitrogens with one attached hydrogen (secondary N) is 1. The summed E-state index contributed by atoms with van der Waals surface area (Å²) in [6.45, 7) is 2.12. The lowest BCUT2D eigenvalue weighted by atomic mass is 10.1. The van der Waals surface area contributed by atoms with Crippen LogP contribution in [0.4, 0.5) is 0 Å². The largest absolute Gasteiger partial charge is 0.468 e. The fourth-order valence-electron chi connectivity index (χ4n) is 2.41. The van der Waals surface area contributed by atoms with Crippen LogP contribution in [-0.2, 0) is 0 Å². The van der Waals surface area contributed by atoms with Gasteiger partial charge in [-0.1, -0.05) is 30.3 Å². The van der Waals surface area contributed by atoms with Crippen molar-refractivity contribution in [3.05, 3.63) is 59.3 Å². The Bertz CT molecular complexity index is 697. The van der Waals surface area contributed by atoms with E-state index in [4.69, 9.17) is 14.9 Å². The molecule has 0 amide bonds. The maximum absolute atomic E-state index is 9.27. The fraction of sp³-hybridized carbons (Fsp3) is 0.368. The van der Waals surface area contributed by atoms with E-state index in [2.05, 4.69) is 16.4 Å². The predicted molar refractivity (Wildman–Crippen MR) is 94.1 cm³/mol. The first-order valence-electron chi connectivity index (χ1n) is 8.22. The molecule has 1 heterocycles. The number of rotatable bonds is 9. The van der Waals surface area contributed by atoms with Crippen LogP contribution in [0.5, 0.6) is 5.88 Å². The molecular formula is C19H23N3O3. The van der Waals surface area contributed by atoms with Crippen LogP contribution in [0.15, 0.2) is 42.5 Å². The Morgan fingerprint density at radius 2 is 1.88 bits per heavy atom. The molecule has 1 atom stereocenters. The molecule has 132 valence electrons. The number of benzene rings is 1. The topological polar surface area (TPSA) is 98.4 Å². The number of nitrogens with zero attached hydrogens (tertiary/aromatic N) is 2. The van der Waals surface area contributed by atoms with E-state index >= 15 is 0 Å². The molecule has 3 N–H and O–H groups in total. The van der Waals surface area contributed by atoms with Gasteiger partial charge in [-0.3, -0.25) is 0 Å². The molecule has 0 saturated carbocycles. The third-order valence-electron chi connectivity index (χ3n) is 3.83. The van der Waals surface area contributed by atoms with E-state index in [1.807, 2.05) is 37.3 Å². The number of aryl methyl sites for hydroxylation is 1. The molecule has 25 heavy (non-hydrogen) atoms. The molecule has 0 radical (unpaired) electrons. The van der Waals surface area contributed by atoms with Crippen molar-refractivity contribution < 1.29 is 14.9 Å². The summed E-state index contributed by atoms with van der Waals surface area (Å²) in [6, 6.07) is 14.9. The van der Waals surface area contributed by atoms with Gasteiger partial charge in [0.2, 0.25) is 5.88 Å². The average Bonchev–Trinajstić information content (AvgIpc) is 2.65. The third-order valence-corrected chi connectivity index (χ3v) is 3.83. The Balaban J connectivity index is 2.15. The quantitative estimate of drug-likeness (QED) is 0.642. The Labute approximate surface area is 147 Å². The number of aliphatic hydroxyl groups is 2. The molecule has 0 fully saturated rings. The van der Waals surface area contributed by atoms with Crippen LogP contribution in [0.1, 0.15) is 29.3 Å². The van der Waals surface area contributed by atoms with Crippen LogP contribution in [0.3, 0.4) is 0 Å². The summed E-state index contributed by atoms with van der Waals surface area (Å²) in [5.74, 6) is 0.317. The van der Waals surface area contributed by atoms with Gasteiger partial charge in [0.15, 0.2) is 0 Å². The Kier molecular flexibility index (Phi) is 7.36. The highest BCUT2D eigenvalue weighted by molar-refractivity contribution is 5.39. The first kappa shape index (κ1) is 18.9. The maximum Gasteiger partial charge on any atom is 0.232 e. The number of nitriles is 1. The molecule has 2 aromatic rings. The predicted octanol–water partition coefficient (Wildman–Crippen LogP) is 1.71. The molecule has 0 spiro atoms. The molecule has 0 saturated heterocycles. The van der Waals surface area contributed by atoms with Gasteiger partial charge in [-0.25, -0.2) is 4.98 Å². The summed E-state index contributed by atoms with van der Waals surface area (Å²) < 4.78 is 6.05. The second kappa shape index (κ2) is 9.74. The van der Waals surface area contributed by atoms with E-state index in [1.165, 1.54) is 0 Å². The molecule has 6 nitrogen and oxygen atoms in total. The zero-order valence-corrected chi connectivity index (χ0v) is 14.2. The van der Waals surface area contributed by atoms with Crippen LogP contribution < -0.4 is 10.1 Å². The van der Waals surface area contributed by atoms with E-state index in [0.29, 0.717) is 24.4 Å². The summed E-state index contributed by atoms with van der Waals surface area (Å²) in [5.41, 5.74) is 2.14. The minimum atomic E-state index is -0.358. The van der Waals surface area contributed by atoms with Crippen molar-refractivity contribution in [1.82, 2.24) is 10.3 Å². The summed E-state index contributed by atoms with van der Waals surface area (Å²) in [5, 5.41) is 30.6. The highest BCUT2D eigenvalue weighted by atomic mass is 16.5. The number of pyridine rings is 1. The first-order valence-corrected chi connectivity index (χ1v) is 8.22. The van der Waals surface area contributed by atoms with E-state index in [-0.39, 0.29) is 25.4 Å². The SMILES string of the molecule is Cc1ccc(C#N)c(O[C@H](CCNC(CO)CO)c2ccccc2)n1. The highest BCUT2D eigenvalue weighted by Crippen LogP contribution is 2.26. The van der Waals surface area contributed by atoms with Gasteiger partial charge in [-0.15, -0.1) is 0 Å². The van der Waals surface area contributed by atoms with E-state index in [9.17, 15) is 5.26 Å². The molecule has 0 aliphatic heterocycles. The van der Waals surface area contributed by atoms with Crippen LogP contribution in [0.25, 0.3) is 0 Å². The number of hydrogen-bond donors (Lipinski definition) is 3. The summed E-state index contributed by atoms with van der Waals surface area (Å²) in [4.78, 5) is 4.34. The summed E-state index contributed by atoms with van der Waals surface area (Å²) in [7, 11) is 0.